The number of imidazole rings is 1. The highest BCUT2D eigenvalue weighted by atomic mass is 32.2. The lowest BCUT2D eigenvalue weighted by atomic mass is 10.1. The maximum Gasteiger partial charge on any atom is 0.269 e. The lowest BCUT2D eigenvalue weighted by Gasteiger charge is -2.11. The lowest BCUT2D eigenvalue weighted by molar-refractivity contribution is -0.384. The normalized spacial score (nSPS) is 10.8. The average molecular weight is 369 g/mol. The van der Waals surface area contributed by atoms with Crippen molar-refractivity contribution >= 4 is 17.4 Å². The minimum Gasteiger partial charge on any atom is -0.390 e. The number of rotatable bonds is 8. The molecule has 0 saturated heterocycles. The molecule has 0 saturated carbocycles. The molecular weight excluding hydrogens is 350 g/mol. The van der Waals surface area contributed by atoms with E-state index in [-0.39, 0.29) is 12.3 Å². The monoisotopic (exact) mass is 369 g/mol. The molecule has 0 aliphatic carbocycles. The van der Waals surface area contributed by atoms with Crippen molar-refractivity contribution in [2.75, 3.05) is 0 Å². The van der Waals surface area contributed by atoms with E-state index >= 15 is 0 Å². The van der Waals surface area contributed by atoms with Gasteiger partial charge in [0.05, 0.1) is 23.4 Å². The van der Waals surface area contributed by atoms with Crippen LogP contribution in [0.2, 0.25) is 0 Å². The molecule has 1 N–H and O–H groups in total. The van der Waals surface area contributed by atoms with Gasteiger partial charge >= 0.3 is 0 Å². The van der Waals surface area contributed by atoms with Gasteiger partial charge in [0.25, 0.3) is 5.69 Å². The summed E-state index contributed by atoms with van der Waals surface area (Å²) in [6.07, 6.45) is 2.55. The second kappa shape index (κ2) is 8.64. The molecule has 26 heavy (non-hydrogen) atoms. The molecule has 0 radical (unpaired) electrons. The van der Waals surface area contributed by atoms with Gasteiger partial charge in [-0.15, -0.1) is 0 Å². The Kier molecular flexibility index (Phi) is 6.04. The number of aliphatic hydroxyl groups is 1. The topological polar surface area (TPSA) is 81.2 Å². The number of aryl methyl sites for hydroxylation is 1. The largest absolute Gasteiger partial charge is 0.390 e. The average Bonchev–Trinajstić information content (AvgIpc) is 3.07. The molecule has 0 aliphatic rings. The van der Waals surface area contributed by atoms with Gasteiger partial charge in [-0.25, -0.2) is 4.98 Å². The Balaban J connectivity index is 1.67. The minimum atomic E-state index is -0.402. The van der Waals surface area contributed by atoms with Gasteiger partial charge in [0.15, 0.2) is 5.16 Å². The molecule has 0 spiro atoms. The molecular formula is C19H19N3O3S. The zero-order valence-electron chi connectivity index (χ0n) is 14.1. The summed E-state index contributed by atoms with van der Waals surface area (Å²) in [6.45, 7) is 0.683. The summed E-state index contributed by atoms with van der Waals surface area (Å²) in [5.41, 5.74) is 3.10. The highest BCUT2D eigenvalue weighted by Crippen LogP contribution is 2.24. The van der Waals surface area contributed by atoms with Crippen molar-refractivity contribution in [1.29, 1.82) is 0 Å². The van der Waals surface area contributed by atoms with Gasteiger partial charge < -0.3 is 9.67 Å². The van der Waals surface area contributed by atoms with Crippen LogP contribution in [0.5, 0.6) is 0 Å². The molecule has 0 amide bonds. The summed E-state index contributed by atoms with van der Waals surface area (Å²) >= 11 is 1.56. The molecule has 1 aromatic heterocycles. The summed E-state index contributed by atoms with van der Waals surface area (Å²) < 4.78 is 2.03. The van der Waals surface area contributed by atoms with Crippen molar-refractivity contribution in [1.82, 2.24) is 9.55 Å². The molecule has 134 valence electrons. The van der Waals surface area contributed by atoms with Gasteiger partial charge in [-0.1, -0.05) is 54.2 Å². The van der Waals surface area contributed by atoms with Gasteiger partial charge in [-0.2, -0.15) is 0 Å². The summed E-state index contributed by atoms with van der Waals surface area (Å²) in [6, 6.07) is 16.7. The van der Waals surface area contributed by atoms with Crippen LogP contribution >= 0.6 is 11.8 Å². The van der Waals surface area contributed by atoms with E-state index in [0.29, 0.717) is 5.75 Å². The quantitative estimate of drug-likeness (QED) is 0.371. The predicted octanol–water partition coefficient (Wildman–Crippen LogP) is 3.82. The maximum absolute atomic E-state index is 10.7. The lowest BCUT2D eigenvalue weighted by Crippen LogP contribution is -2.07. The molecule has 0 bridgehead atoms. The van der Waals surface area contributed by atoms with Crippen LogP contribution in [0.4, 0.5) is 5.69 Å². The molecule has 2 aromatic carbocycles. The summed E-state index contributed by atoms with van der Waals surface area (Å²) in [5, 5.41) is 21.1. The molecule has 0 aliphatic heterocycles. The third-order valence-corrected chi connectivity index (χ3v) is 5.11. The number of thioether (sulfide) groups is 1. The highest BCUT2D eigenvalue weighted by Gasteiger charge is 2.11. The fraction of sp³-hybridized carbons (Fsp3) is 0.211. The van der Waals surface area contributed by atoms with Crippen LogP contribution < -0.4 is 0 Å². The first-order valence-electron chi connectivity index (χ1n) is 8.22. The molecule has 3 rings (SSSR count). The van der Waals surface area contributed by atoms with E-state index in [4.69, 9.17) is 0 Å². The Morgan fingerprint density at radius 2 is 1.81 bits per heavy atom. The first kappa shape index (κ1) is 18.2. The smallest absolute Gasteiger partial charge is 0.269 e. The molecule has 0 fully saturated rings. The first-order chi connectivity index (χ1) is 12.7. The van der Waals surface area contributed by atoms with E-state index < -0.39 is 4.92 Å². The Hall–Kier alpha value is -2.64. The van der Waals surface area contributed by atoms with E-state index in [2.05, 4.69) is 17.1 Å². The number of aromatic nitrogens is 2. The Morgan fingerprint density at radius 3 is 2.46 bits per heavy atom. The SMILES string of the molecule is O=[N+]([O-])c1ccc(CSc2ncc(CO)n2CCc2ccccc2)cc1. The number of benzene rings is 2. The molecule has 1 heterocycles. The van der Waals surface area contributed by atoms with E-state index in [0.717, 1.165) is 29.4 Å². The van der Waals surface area contributed by atoms with Crippen molar-refractivity contribution in [3.63, 3.8) is 0 Å². The van der Waals surface area contributed by atoms with Crippen LogP contribution in [-0.2, 0) is 25.3 Å². The van der Waals surface area contributed by atoms with Crippen LogP contribution in [0, 0.1) is 10.1 Å². The van der Waals surface area contributed by atoms with Crippen LogP contribution in [0.1, 0.15) is 16.8 Å². The maximum atomic E-state index is 10.7. The van der Waals surface area contributed by atoms with Crippen molar-refractivity contribution < 1.29 is 10.0 Å². The zero-order valence-corrected chi connectivity index (χ0v) is 14.9. The predicted molar refractivity (Wildman–Crippen MR) is 101 cm³/mol. The van der Waals surface area contributed by atoms with E-state index in [1.807, 2.05) is 22.8 Å². The fourth-order valence-corrected chi connectivity index (χ4v) is 3.60. The Labute approximate surface area is 155 Å². The van der Waals surface area contributed by atoms with Crippen LogP contribution in [0.3, 0.4) is 0 Å². The minimum absolute atomic E-state index is 0.0557. The van der Waals surface area contributed by atoms with Gasteiger partial charge in [0.2, 0.25) is 0 Å². The molecule has 0 atom stereocenters. The number of nitro groups is 1. The van der Waals surface area contributed by atoms with Crippen molar-refractivity contribution in [3.05, 3.63) is 87.7 Å². The Bertz CT molecular complexity index is 863. The fourth-order valence-electron chi connectivity index (χ4n) is 2.62. The molecule has 3 aromatic rings. The number of nitro benzene ring substituents is 1. The number of hydrogen-bond donors (Lipinski definition) is 1. The third-order valence-electron chi connectivity index (χ3n) is 4.05. The highest BCUT2D eigenvalue weighted by molar-refractivity contribution is 7.98. The second-order valence-electron chi connectivity index (χ2n) is 5.79. The van der Waals surface area contributed by atoms with Gasteiger partial charge in [0, 0.05) is 24.4 Å². The van der Waals surface area contributed by atoms with Crippen LogP contribution in [0.25, 0.3) is 0 Å². The van der Waals surface area contributed by atoms with E-state index in [1.54, 1.807) is 30.1 Å². The number of hydrogen-bond acceptors (Lipinski definition) is 5. The third kappa shape index (κ3) is 4.50. The van der Waals surface area contributed by atoms with Crippen molar-refractivity contribution in [2.45, 2.75) is 30.5 Å². The van der Waals surface area contributed by atoms with Crippen molar-refractivity contribution in [3.8, 4) is 0 Å². The van der Waals surface area contributed by atoms with Crippen LogP contribution in [0.15, 0.2) is 66.0 Å². The van der Waals surface area contributed by atoms with Crippen molar-refractivity contribution in [2.24, 2.45) is 0 Å². The summed E-state index contributed by atoms with van der Waals surface area (Å²) in [7, 11) is 0. The Morgan fingerprint density at radius 1 is 1.08 bits per heavy atom. The summed E-state index contributed by atoms with van der Waals surface area (Å²) in [4.78, 5) is 14.7. The standard InChI is InChI=1S/C19H19N3O3S/c23-13-18-12-20-19(21(18)11-10-15-4-2-1-3-5-15)26-14-16-6-8-17(9-7-16)22(24)25/h1-9,12,23H,10-11,13-14H2. The van der Waals surface area contributed by atoms with Gasteiger partial charge in [-0.3, -0.25) is 10.1 Å². The van der Waals surface area contributed by atoms with E-state index in [9.17, 15) is 15.2 Å². The zero-order chi connectivity index (χ0) is 18.4. The number of aliphatic hydroxyl groups excluding tert-OH is 1. The number of non-ortho nitro benzene ring substituents is 1. The molecule has 7 heteroatoms. The second-order valence-corrected chi connectivity index (χ2v) is 6.73. The first-order valence-corrected chi connectivity index (χ1v) is 9.21. The van der Waals surface area contributed by atoms with E-state index in [1.165, 1.54) is 17.7 Å². The van der Waals surface area contributed by atoms with Gasteiger partial charge in [-0.05, 0) is 17.5 Å². The summed E-state index contributed by atoms with van der Waals surface area (Å²) in [5.74, 6) is 0.658. The molecule has 0 unspecified atom stereocenters. The number of nitrogens with zero attached hydrogens (tertiary/aromatic N) is 3. The molecule has 6 nitrogen and oxygen atoms in total. The van der Waals surface area contributed by atoms with Gasteiger partial charge in [0.1, 0.15) is 0 Å². The van der Waals surface area contributed by atoms with Crippen LogP contribution in [-0.4, -0.2) is 19.6 Å².